The molecule has 2 rings (SSSR count). The summed E-state index contributed by atoms with van der Waals surface area (Å²) in [6, 6.07) is 8.00. The summed E-state index contributed by atoms with van der Waals surface area (Å²) in [5.41, 5.74) is 1.23. The summed E-state index contributed by atoms with van der Waals surface area (Å²) in [6.07, 6.45) is 2.28. The third-order valence-corrected chi connectivity index (χ3v) is 3.89. The minimum Gasteiger partial charge on any atom is -0.611 e. The molecule has 0 radical (unpaired) electrons. The fourth-order valence-corrected chi connectivity index (χ4v) is 2.50. The van der Waals surface area contributed by atoms with Gasteiger partial charge in [0.2, 0.25) is 0 Å². The summed E-state index contributed by atoms with van der Waals surface area (Å²) < 4.78 is 11.6. The number of hydrogen-bond donors (Lipinski definition) is 0. The van der Waals surface area contributed by atoms with Crippen LogP contribution in [0.4, 0.5) is 0 Å². The van der Waals surface area contributed by atoms with Gasteiger partial charge in [0.05, 0.1) is 0 Å². The van der Waals surface area contributed by atoms with Gasteiger partial charge in [0, 0.05) is 12.8 Å². The molecule has 0 aromatic heterocycles. The second-order valence-electron chi connectivity index (χ2n) is 3.31. The van der Waals surface area contributed by atoms with Gasteiger partial charge in [0.1, 0.15) is 5.25 Å². The summed E-state index contributed by atoms with van der Waals surface area (Å²) >= 11 is -0.732. The van der Waals surface area contributed by atoms with Crippen LogP contribution in [-0.2, 0) is 11.2 Å². The smallest absolute Gasteiger partial charge is 0.152 e. The predicted molar refractivity (Wildman–Crippen MR) is 50.6 cm³/mol. The van der Waals surface area contributed by atoms with E-state index in [-0.39, 0.29) is 0 Å². The third kappa shape index (κ3) is 1.65. The molecule has 64 valence electrons. The van der Waals surface area contributed by atoms with Gasteiger partial charge in [0.25, 0.3) is 0 Å². The van der Waals surface area contributed by atoms with Crippen LogP contribution in [0.3, 0.4) is 0 Å². The lowest BCUT2D eigenvalue weighted by Gasteiger charge is -2.08. The Kier molecular flexibility index (Phi) is 2.11. The number of benzene rings is 1. The highest BCUT2D eigenvalue weighted by atomic mass is 32.2. The van der Waals surface area contributed by atoms with Crippen molar-refractivity contribution < 1.29 is 4.55 Å². The van der Waals surface area contributed by atoms with Crippen LogP contribution in [0.2, 0.25) is 0 Å². The predicted octanol–water partition coefficient (Wildman–Crippen LogP) is 2.27. The van der Waals surface area contributed by atoms with Gasteiger partial charge >= 0.3 is 0 Å². The van der Waals surface area contributed by atoms with Crippen molar-refractivity contribution in [2.45, 2.75) is 29.9 Å². The molecule has 0 spiro atoms. The minimum atomic E-state index is -0.732. The fraction of sp³-hybridized carbons (Fsp3) is 0.400. The van der Waals surface area contributed by atoms with Crippen molar-refractivity contribution in [3.05, 3.63) is 29.8 Å². The zero-order chi connectivity index (χ0) is 8.55. The molecular formula is C10H12OS. The van der Waals surface area contributed by atoms with E-state index in [9.17, 15) is 4.55 Å². The molecule has 0 aliphatic heterocycles. The van der Waals surface area contributed by atoms with Gasteiger partial charge < -0.3 is 4.55 Å². The lowest BCUT2D eigenvalue weighted by atomic mass is 10.2. The van der Waals surface area contributed by atoms with Crippen molar-refractivity contribution in [2.75, 3.05) is 0 Å². The van der Waals surface area contributed by atoms with E-state index in [1.54, 1.807) is 0 Å². The van der Waals surface area contributed by atoms with Gasteiger partial charge in [-0.25, -0.2) is 0 Å². The van der Waals surface area contributed by atoms with Crippen LogP contribution in [-0.4, -0.2) is 9.80 Å². The SMILES string of the molecule is Cc1ccc([S+]([O-])C2CC2)cc1. The zero-order valence-corrected chi connectivity index (χ0v) is 7.93. The standard InChI is InChI=1S/C10H12OS/c1-8-2-4-9(5-3-8)12(11)10-6-7-10/h2-5,10H,6-7H2,1H3. The van der Waals surface area contributed by atoms with Crippen LogP contribution in [0.15, 0.2) is 29.2 Å². The van der Waals surface area contributed by atoms with Crippen molar-refractivity contribution in [1.29, 1.82) is 0 Å². The lowest BCUT2D eigenvalue weighted by Crippen LogP contribution is -2.06. The molecule has 1 aromatic carbocycles. The molecule has 12 heavy (non-hydrogen) atoms. The van der Waals surface area contributed by atoms with E-state index in [0.717, 1.165) is 17.7 Å². The quantitative estimate of drug-likeness (QED) is 0.640. The largest absolute Gasteiger partial charge is 0.611 e. The maximum Gasteiger partial charge on any atom is 0.152 e. The van der Waals surface area contributed by atoms with Crippen LogP contribution in [0.5, 0.6) is 0 Å². The van der Waals surface area contributed by atoms with Crippen molar-refractivity contribution in [1.82, 2.24) is 0 Å². The molecule has 0 amide bonds. The number of hydrogen-bond acceptors (Lipinski definition) is 1. The zero-order valence-electron chi connectivity index (χ0n) is 7.12. The average molecular weight is 180 g/mol. The summed E-state index contributed by atoms with van der Waals surface area (Å²) in [7, 11) is 0. The first-order valence-corrected chi connectivity index (χ1v) is 5.46. The summed E-state index contributed by atoms with van der Waals surface area (Å²) in [5.74, 6) is 0. The Morgan fingerprint density at radius 3 is 2.33 bits per heavy atom. The maximum atomic E-state index is 11.6. The summed E-state index contributed by atoms with van der Waals surface area (Å²) in [5, 5.41) is 0.452. The van der Waals surface area contributed by atoms with E-state index < -0.39 is 11.2 Å². The third-order valence-electron chi connectivity index (χ3n) is 2.08. The first kappa shape index (κ1) is 8.14. The molecule has 1 unspecified atom stereocenters. The highest BCUT2D eigenvalue weighted by molar-refractivity contribution is 7.92. The van der Waals surface area contributed by atoms with E-state index in [2.05, 4.69) is 0 Å². The van der Waals surface area contributed by atoms with Gasteiger partial charge in [-0.2, -0.15) is 0 Å². The number of rotatable bonds is 2. The van der Waals surface area contributed by atoms with E-state index in [1.165, 1.54) is 5.56 Å². The lowest BCUT2D eigenvalue weighted by molar-refractivity contribution is 0.594. The normalized spacial score (nSPS) is 19.2. The van der Waals surface area contributed by atoms with Crippen LogP contribution >= 0.6 is 0 Å². The monoisotopic (exact) mass is 180 g/mol. The Balaban J connectivity index is 2.16. The van der Waals surface area contributed by atoms with Gasteiger partial charge in [-0.15, -0.1) is 0 Å². The first-order valence-electron chi connectivity index (χ1n) is 4.24. The molecule has 1 aliphatic rings. The molecule has 1 atom stereocenters. The Bertz CT molecular complexity index is 264. The van der Waals surface area contributed by atoms with E-state index in [0.29, 0.717) is 5.25 Å². The van der Waals surface area contributed by atoms with Crippen molar-refractivity contribution in [3.8, 4) is 0 Å². The fourth-order valence-electron chi connectivity index (χ4n) is 1.15. The minimum absolute atomic E-state index is 0.452. The first-order chi connectivity index (χ1) is 5.77. The van der Waals surface area contributed by atoms with Crippen molar-refractivity contribution >= 4 is 11.2 Å². The Morgan fingerprint density at radius 1 is 1.25 bits per heavy atom. The van der Waals surface area contributed by atoms with Gasteiger partial charge in [-0.3, -0.25) is 0 Å². The van der Waals surface area contributed by atoms with Gasteiger partial charge in [-0.05, 0) is 30.2 Å². The van der Waals surface area contributed by atoms with Gasteiger partial charge in [0.15, 0.2) is 4.90 Å². The Labute approximate surface area is 76.0 Å². The number of aryl methyl sites for hydroxylation is 1. The van der Waals surface area contributed by atoms with E-state index in [4.69, 9.17) is 0 Å². The molecule has 0 N–H and O–H groups in total. The van der Waals surface area contributed by atoms with Crippen LogP contribution in [0.1, 0.15) is 18.4 Å². The highest BCUT2D eigenvalue weighted by Gasteiger charge is 2.35. The van der Waals surface area contributed by atoms with Gasteiger partial charge in [-0.1, -0.05) is 17.7 Å². The maximum absolute atomic E-state index is 11.6. The molecule has 1 saturated carbocycles. The molecule has 1 aliphatic carbocycles. The second-order valence-corrected chi connectivity index (χ2v) is 5.04. The molecule has 1 aromatic rings. The Hall–Kier alpha value is -0.470. The molecule has 1 nitrogen and oxygen atoms in total. The Morgan fingerprint density at radius 2 is 1.83 bits per heavy atom. The average Bonchev–Trinajstić information content (AvgIpc) is 2.87. The molecule has 1 fully saturated rings. The molecular weight excluding hydrogens is 168 g/mol. The molecule has 0 heterocycles. The molecule has 0 saturated heterocycles. The second kappa shape index (κ2) is 3.11. The van der Waals surface area contributed by atoms with Crippen LogP contribution in [0.25, 0.3) is 0 Å². The van der Waals surface area contributed by atoms with Crippen LogP contribution in [0, 0.1) is 6.92 Å². The van der Waals surface area contributed by atoms with E-state index >= 15 is 0 Å². The van der Waals surface area contributed by atoms with Crippen LogP contribution < -0.4 is 0 Å². The highest BCUT2D eigenvalue weighted by Crippen LogP contribution is 2.33. The molecule has 0 bridgehead atoms. The van der Waals surface area contributed by atoms with Crippen molar-refractivity contribution in [2.24, 2.45) is 0 Å². The summed E-state index contributed by atoms with van der Waals surface area (Å²) in [4.78, 5) is 0.989. The van der Waals surface area contributed by atoms with E-state index in [1.807, 2.05) is 31.2 Å². The van der Waals surface area contributed by atoms with Crippen molar-refractivity contribution in [3.63, 3.8) is 0 Å². The topological polar surface area (TPSA) is 23.1 Å². The summed E-state index contributed by atoms with van der Waals surface area (Å²) in [6.45, 7) is 2.05. The molecule has 2 heteroatoms.